The molecule has 104 valence electrons. The van der Waals surface area contributed by atoms with Crippen LogP contribution in [0.3, 0.4) is 0 Å². The Morgan fingerprint density at radius 3 is 2.74 bits per heavy atom. The van der Waals surface area contributed by atoms with Crippen LogP contribution in [0.1, 0.15) is 38.8 Å². The van der Waals surface area contributed by atoms with Gasteiger partial charge in [-0.3, -0.25) is 0 Å². The van der Waals surface area contributed by atoms with Gasteiger partial charge >= 0.3 is 0 Å². The summed E-state index contributed by atoms with van der Waals surface area (Å²) < 4.78 is 6.88. The number of rotatable bonds is 6. The minimum absolute atomic E-state index is 0.219. The monoisotopic (exact) mass is 324 g/mol. The number of nitriles is 1. The van der Waals surface area contributed by atoms with Crippen LogP contribution in [-0.4, -0.2) is 13.7 Å². The standard InChI is InChI=1S/C15H21BrN2O/c1-11(18-4)13-9-12(16)5-6-14(13)19-8-7-15(2,3)10-17/h5-6,9,11,18H,7-8H2,1-4H3. The molecule has 0 heterocycles. The van der Waals surface area contributed by atoms with E-state index in [4.69, 9.17) is 10.00 Å². The molecule has 4 heteroatoms. The average Bonchev–Trinajstić information content (AvgIpc) is 2.39. The number of nitrogens with one attached hydrogen (secondary N) is 1. The zero-order chi connectivity index (χ0) is 14.5. The van der Waals surface area contributed by atoms with Crippen LogP contribution in [0.25, 0.3) is 0 Å². The average molecular weight is 325 g/mol. The summed E-state index contributed by atoms with van der Waals surface area (Å²) in [6, 6.07) is 8.50. The van der Waals surface area contributed by atoms with Crippen LogP contribution >= 0.6 is 15.9 Å². The highest BCUT2D eigenvalue weighted by Crippen LogP contribution is 2.29. The molecule has 0 saturated carbocycles. The smallest absolute Gasteiger partial charge is 0.124 e. The second kappa shape index (κ2) is 6.93. The van der Waals surface area contributed by atoms with Gasteiger partial charge in [0, 0.05) is 16.1 Å². The molecule has 0 aromatic heterocycles. The van der Waals surface area contributed by atoms with Gasteiger partial charge in [0.05, 0.1) is 18.1 Å². The summed E-state index contributed by atoms with van der Waals surface area (Å²) in [5.74, 6) is 0.874. The Labute approximate surface area is 124 Å². The molecule has 0 aliphatic heterocycles. The fraction of sp³-hybridized carbons (Fsp3) is 0.533. The Hall–Kier alpha value is -1.05. The summed E-state index contributed by atoms with van der Waals surface area (Å²) in [5.41, 5.74) is 0.774. The largest absolute Gasteiger partial charge is 0.493 e. The summed E-state index contributed by atoms with van der Waals surface area (Å²) in [7, 11) is 1.92. The fourth-order valence-electron chi connectivity index (χ4n) is 1.62. The van der Waals surface area contributed by atoms with Crippen LogP contribution in [0.15, 0.2) is 22.7 Å². The number of nitrogens with zero attached hydrogens (tertiary/aromatic N) is 1. The van der Waals surface area contributed by atoms with Crippen molar-refractivity contribution in [3.63, 3.8) is 0 Å². The van der Waals surface area contributed by atoms with Crippen molar-refractivity contribution in [2.24, 2.45) is 5.41 Å². The molecule has 19 heavy (non-hydrogen) atoms. The Morgan fingerprint density at radius 2 is 2.16 bits per heavy atom. The summed E-state index contributed by atoms with van der Waals surface area (Å²) in [5, 5.41) is 12.2. The van der Waals surface area contributed by atoms with Gasteiger partial charge < -0.3 is 10.1 Å². The van der Waals surface area contributed by atoms with Crippen LogP contribution in [0, 0.1) is 16.7 Å². The van der Waals surface area contributed by atoms with Gasteiger partial charge in [-0.25, -0.2) is 0 Å². The highest BCUT2D eigenvalue weighted by Gasteiger charge is 2.17. The lowest BCUT2D eigenvalue weighted by Crippen LogP contribution is -2.16. The van der Waals surface area contributed by atoms with Crippen molar-refractivity contribution in [1.82, 2.24) is 5.32 Å². The van der Waals surface area contributed by atoms with E-state index in [9.17, 15) is 0 Å². The van der Waals surface area contributed by atoms with E-state index < -0.39 is 0 Å². The van der Waals surface area contributed by atoms with E-state index in [0.717, 1.165) is 15.8 Å². The van der Waals surface area contributed by atoms with Gasteiger partial charge in [0.25, 0.3) is 0 Å². The van der Waals surface area contributed by atoms with E-state index in [-0.39, 0.29) is 11.5 Å². The zero-order valence-electron chi connectivity index (χ0n) is 12.0. The molecule has 0 spiro atoms. The molecule has 1 rings (SSSR count). The number of hydrogen-bond acceptors (Lipinski definition) is 3. The van der Waals surface area contributed by atoms with Crippen molar-refractivity contribution >= 4 is 15.9 Å². The molecular formula is C15H21BrN2O. The molecule has 0 fully saturated rings. The first-order valence-electron chi connectivity index (χ1n) is 6.40. The molecule has 1 unspecified atom stereocenters. The molecule has 1 aromatic rings. The zero-order valence-corrected chi connectivity index (χ0v) is 13.5. The van der Waals surface area contributed by atoms with Gasteiger partial charge in [-0.2, -0.15) is 5.26 Å². The maximum atomic E-state index is 8.99. The van der Waals surface area contributed by atoms with Crippen molar-refractivity contribution in [2.75, 3.05) is 13.7 Å². The van der Waals surface area contributed by atoms with E-state index >= 15 is 0 Å². The molecule has 0 radical (unpaired) electrons. The Morgan fingerprint density at radius 1 is 1.47 bits per heavy atom. The van der Waals surface area contributed by atoms with Crippen molar-refractivity contribution in [3.8, 4) is 11.8 Å². The van der Waals surface area contributed by atoms with Crippen LogP contribution in [-0.2, 0) is 0 Å². The SMILES string of the molecule is CNC(C)c1cc(Br)ccc1OCCC(C)(C)C#N. The molecule has 0 amide bonds. The Balaban J connectivity index is 2.76. The quantitative estimate of drug-likeness (QED) is 0.858. The molecular weight excluding hydrogens is 304 g/mol. The molecule has 3 nitrogen and oxygen atoms in total. The first kappa shape index (κ1) is 16.0. The molecule has 1 N–H and O–H groups in total. The maximum absolute atomic E-state index is 8.99. The lowest BCUT2D eigenvalue weighted by atomic mass is 9.92. The summed E-state index contributed by atoms with van der Waals surface area (Å²) >= 11 is 3.48. The number of benzene rings is 1. The number of ether oxygens (including phenoxy) is 1. The van der Waals surface area contributed by atoms with Crippen molar-refractivity contribution in [1.29, 1.82) is 5.26 Å². The first-order valence-corrected chi connectivity index (χ1v) is 7.19. The number of halogens is 1. The number of hydrogen-bond donors (Lipinski definition) is 1. The van der Waals surface area contributed by atoms with Crippen LogP contribution in [0.5, 0.6) is 5.75 Å². The Kier molecular flexibility index (Phi) is 5.84. The molecule has 0 saturated heterocycles. The van der Waals surface area contributed by atoms with E-state index in [1.165, 1.54) is 0 Å². The Bertz CT molecular complexity index is 466. The van der Waals surface area contributed by atoms with Crippen LogP contribution in [0.4, 0.5) is 0 Å². The van der Waals surface area contributed by atoms with Crippen molar-refractivity contribution in [2.45, 2.75) is 33.2 Å². The molecule has 1 atom stereocenters. The lowest BCUT2D eigenvalue weighted by molar-refractivity contribution is 0.261. The topological polar surface area (TPSA) is 45.0 Å². The van der Waals surface area contributed by atoms with Gasteiger partial charge in [-0.05, 0) is 52.4 Å². The van der Waals surface area contributed by atoms with E-state index in [1.54, 1.807) is 0 Å². The van der Waals surface area contributed by atoms with Gasteiger partial charge in [0.1, 0.15) is 5.75 Å². The molecule has 0 bridgehead atoms. The van der Waals surface area contributed by atoms with Crippen LogP contribution in [0.2, 0.25) is 0 Å². The maximum Gasteiger partial charge on any atom is 0.124 e. The van der Waals surface area contributed by atoms with E-state index in [1.807, 2.05) is 33.0 Å². The third-order valence-electron chi connectivity index (χ3n) is 3.16. The summed E-state index contributed by atoms with van der Waals surface area (Å²) in [6.07, 6.45) is 0.715. The van der Waals surface area contributed by atoms with Gasteiger partial charge in [-0.15, -0.1) is 0 Å². The van der Waals surface area contributed by atoms with Gasteiger partial charge in [0.15, 0.2) is 0 Å². The predicted octanol–water partition coefficient (Wildman–Crippen LogP) is 4.05. The van der Waals surface area contributed by atoms with Crippen molar-refractivity contribution in [3.05, 3.63) is 28.2 Å². The van der Waals surface area contributed by atoms with Crippen molar-refractivity contribution < 1.29 is 4.74 Å². The molecule has 1 aromatic carbocycles. The minimum Gasteiger partial charge on any atom is -0.493 e. The normalized spacial score (nSPS) is 12.8. The second-order valence-corrected chi connectivity index (χ2v) is 6.20. The third kappa shape index (κ3) is 4.85. The third-order valence-corrected chi connectivity index (χ3v) is 3.65. The highest BCUT2D eigenvalue weighted by molar-refractivity contribution is 9.10. The highest BCUT2D eigenvalue weighted by atomic mass is 79.9. The minimum atomic E-state index is -0.343. The molecule has 0 aliphatic rings. The fourth-order valence-corrected chi connectivity index (χ4v) is 2.00. The first-order chi connectivity index (χ1) is 8.89. The van der Waals surface area contributed by atoms with E-state index in [2.05, 4.69) is 40.3 Å². The van der Waals surface area contributed by atoms with Crippen LogP contribution < -0.4 is 10.1 Å². The predicted molar refractivity (Wildman–Crippen MR) is 81.1 cm³/mol. The van der Waals surface area contributed by atoms with E-state index in [0.29, 0.717) is 13.0 Å². The molecule has 0 aliphatic carbocycles. The lowest BCUT2D eigenvalue weighted by Gasteiger charge is -2.19. The van der Waals surface area contributed by atoms with Gasteiger partial charge in [-0.1, -0.05) is 15.9 Å². The second-order valence-electron chi connectivity index (χ2n) is 5.29. The summed E-state index contributed by atoms with van der Waals surface area (Å²) in [6.45, 7) is 6.49. The summed E-state index contributed by atoms with van der Waals surface area (Å²) in [4.78, 5) is 0. The van der Waals surface area contributed by atoms with Gasteiger partial charge in [0.2, 0.25) is 0 Å².